The first-order valence-electron chi connectivity index (χ1n) is 9.49. The molecule has 0 fully saturated rings. The van der Waals surface area contributed by atoms with Gasteiger partial charge in [-0.2, -0.15) is 0 Å². The zero-order valence-corrected chi connectivity index (χ0v) is 16.4. The molecule has 0 saturated heterocycles. The second-order valence-electron chi connectivity index (χ2n) is 6.24. The average Bonchev–Trinajstić information content (AvgIpc) is 2.77. The maximum Gasteiger partial charge on any atom is 0.330 e. The van der Waals surface area contributed by atoms with Gasteiger partial charge >= 0.3 is 5.97 Å². The maximum absolute atomic E-state index is 11.7. The molecule has 150 valence electrons. The molecule has 0 aliphatic heterocycles. The number of carbonyl (C=O) groups is 1. The molecule has 5 heteroatoms. The summed E-state index contributed by atoms with van der Waals surface area (Å²) >= 11 is 0. The number of hydrogen-bond donors (Lipinski definition) is 0. The number of para-hydroxylation sites is 1. The predicted molar refractivity (Wildman–Crippen MR) is 113 cm³/mol. The Morgan fingerprint density at radius 2 is 1.45 bits per heavy atom. The smallest absolute Gasteiger partial charge is 0.330 e. The highest BCUT2D eigenvalue weighted by molar-refractivity contribution is 5.93. The quantitative estimate of drug-likeness (QED) is 0.367. The number of benzene rings is 3. The van der Waals surface area contributed by atoms with E-state index < -0.39 is 12.1 Å². The van der Waals surface area contributed by atoms with Crippen LogP contribution in [0.2, 0.25) is 0 Å². The van der Waals surface area contributed by atoms with Crippen molar-refractivity contribution in [2.24, 2.45) is 0 Å². The average molecular weight is 392 g/mol. The standard InChI is InChI=1S/C24H24O5/c1-3-24(25)29-19(16-27-18-10-6-5-7-11-18)17-28-23-15-14-22(26-4-2)20-12-8-9-13-21(20)23/h3,5-15,19H,1,4,16-17H2,2H3. The lowest BCUT2D eigenvalue weighted by atomic mass is 10.1. The third-order valence-corrected chi connectivity index (χ3v) is 4.20. The van der Waals surface area contributed by atoms with Gasteiger partial charge in [-0.15, -0.1) is 0 Å². The second-order valence-corrected chi connectivity index (χ2v) is 6.24. The Hall–Kier alpha value is -3.47. The van der Waals surface area contributed by atoms with Crippen molar-refractivity contribution in [3.05, 3.63) is 79.4 Å². The van der Waals surface area contributed by atoms with Gasteiger partial charge < -0.3 is 18.9 Å². The van der Waals surface area contributed by atoms with Gasteiger partial charge in [0, 0.05) is 16.8 Å². The number of esters is 1. The maximum atomic E-state index is 11.7. The Balaban J connectivity index is 1.73. The minimum Gasteiger partial charge on any atom is -0.493 e. The highest BCUT2D eigenvalue weighted by Crippen LogP contribution is 2.33. The fourth-order valence-corrected chi connectivity index (χ4v) is 2.87. The van der Waals surface area contributed by atoms with Crippen LogP contribution in [0, 0.1) is 0 Å². The third kappa shape index (κ3) is 5.51. The van der Waals surface area contributed by atoms with Gasteiger partial charge in [0.2, 0.25) is 0 Å². The van der Waals surface area contributed by atoms with Crippen LogP contribution in [0.1, 0.15) is 6.92 Å². The summed E-state index contributed by atoms with van der Waals surface area (Å²) in [6, 6.07) is 20.9. The number of ether oxygens (including phenoxy) is 4. The van der Waals surface area contributed by atoms with Gasteiger partial charge in [0.15, 0.2) is 6.10 Å². The summed E-state index contributed by atoms with van der Waals surface area (Å²) in [6.07, 6.45) is 0.535. The molecule has 0 heterocycles. The molecular weight excluding hydrogens is 368 g/mol. The lowest BCUT2D eigenvalue weighted by molar-refractivity contribution is -0.146. The van der Waals surface area contributed by atoms with Crippen LogP contribution in [0.4, 0.5) is 0 Å². The van der Waals surface area contributed by atoms with E-state index in [-0.39, 0.29) is 13.2 Å². The van der Waals surface area contributed by atoms with Gasteiger partial charge in [-0.1, -0.05) is 49.0 Å². The normalized spacial score (nSPS) is 11.5. The molecule has 3 aromatic rings. The summed E-state index contributed by atoms with van der Waals surface area (Å²) < 4.78 is 22.8. The van der Waals surface area contributed by atoms with Crippen molar-refractivity contribution >= 4 is 16.7 Å². The molecule has 1 atom stereocenters. The highest BCUT2D eigenvalue weighted by atomic mass is 16.6. The summed E-state index contributed by atoms with van der Waals surface area (Å²) in [5.41, 5.74) is 0. The van der Waals surface area contributed by atoms with Crippen LogP contribution in [-0.4, -0.2) is 31.9 Å². The Morgan fingerprint density at radius 3 is 2.07 bits per heavy atom. The van der Waals surface area contributed by atoms with Crippen LogP contribution in [0.15, 0.2) is 79.4 Å². The van der Waals surface area contributed by atoms with Gasteiger partial charge in [0.25, 0.3) is 0 Å². The molecule has 0 aliphatic rings. The molecule has 0 aromatic heterocycles. The van der Waals surface area contributed by atoms with E-state index in [1.165, 1.54) is 0 Å². The topological polar surface area (TPSA) is 54.0 Å². The van der Waals surface area contributed by atoms with Crippen molar-refractivity contribution in [2.45, 2.75) is 13.0 Å². The molecule has 0 N–H and O–H groups in total. The lowest BCUT2D eigenvalue weighted by Crippen LogP contribution is -2.30. The molecular formula is C24H24O5. The van der Waals surface area contributed by atoms with Crippen molar-refractivity contribution in [1.29, 1.82) is 0 Å². The van der Waals surface area contributed by atoms with E-state index in [4.69, 9.17) is 18.9 Å². The Labute approximate surface area is 170 Å². The predicted octanol–water partition coefficient (Wildman–Crippen LogP) is 4.79. The number of fused-ring (bicyclic) bond motifs is 1. The van der Waals surface area contributed by atoms with E-state index in [9.17, 15) is 4.79 Å². The minimum absolute atomic E-state index is 0.143. The van der Waals surface area contributed by atoms with Crippen LogP contribution in [0.5, 0.6) is 17.2 Å². The van der Waals surface area contributed by atoms with Gasteiger partial charge in [0.1, 0.15) is 30.5 Å². The van der Waals surface area contributed by atoms with E-state index >= 15 is 0 Å². The molecule has 5 nitrogen and oxygen atoms in total. The van der Waals surface area contributed by atoms with Crippen molar-refractivity contribution < 1.29 is 23.7 Å². The monoisotopic (exact) mass is 392 g/mol. The first-order chi connectivity index (χ1) is 14.2. The Bertz CT molecular complexity index is 952. The van der Waals surface area contributed by atoms with E-state index in [2.05, 4.69) is 6.58 Å². The summed E-state index contributed by atoms with van der Waals surface area (Å²) in [5.74, 6) is 1.66. The number of rotatable bonds is 10. The second kappa shape index (κ2) is 10.2. The molecule has 0 spiro atoms. The Kier molecular flexibility index (Phi) is 7.11. The SMILES string of the molecule is C=CC(=O)OC(COc1ccccc1)COc1ccc(OCC)c2ccccc12. The summed E-state index contributed by atoms with van der Waals surface area (Å²) in [4.78, 5) is 11.7. The van der Waals surface area contributed by atoms with E-state index in [1.807, 2.05) is 73.7 Å². The van der Waals surface area contributed by atoms with E-state index in [0.29, 0.717) is 18.1 Å². The van der Waals surface area contributed by atoms with Crippen LogP contribution in [-0.2, 0) is 9.53 Å². The van der Waals surface area contributed by atoms with Crippen molar-refractivity contribution in [3.8, 4) is 17.2 Å². The van der Waals surface area contributed by atoms with Gasteiger partial charge in [-0.25, -0.2) is 4.79 Å². The molecule has 3 aromatic carbocycles. The van der Waals surface area contributed by atoms with Gasteiger partial charge in [0.05, 0.1) is 6.61 Å². The van der Waals surface area contributed by atoms with Crippen LogP contribution < -0.4 is 14.2 Å². The molecule has 0 radical (unpaired) electrons. The van der Waals surface area contributed by atoms with Crippen molar-refractivity contribution in [2.75, 3.05) is 19.8 Å². The summed E-state index contributed by atoms with van der Waals surface area (Å²) in [6.45, 7) is 6.29. The summed E-state index contributed by atoms with van der Waals surface area (Å²) in [5, 5.41) is 1.89. The number of hydrogen-bond acceptors (Lipinski definition) is 5. The van der Waals surface area contributed by atoms with Crippen molar-refractivity contribution in [3.63, 3.8) is 0 Å². The third-order valence-electron chi connectivity index (χ3n) is 4.20. The largest absolute Gasteiger partial charge is 0.493 e. The molecule has 1 unspecified atom stereocenters. The van der Waals surface area contributed by atoms with E-state index in [1.54, 1.807) is 0 Å². The molecule has 0 saturated carbocycles. The van der Waals surface area contributed by atoms with Gasteiger partial charge in [-0.3, -0.25) is 0 Å². The molecule has 29 heavy (non-hydrogen) atoms. The number of carbonyl (C=O) groups excluding carboxylic acids is 1. The zero-order valence-electron chi connectivity index (χ0n) is 16.4. The molecule has 0 amide bonds. The fourth-order valence-electron chi connectivity index (χ4n) is 2.87. The van der Waals surface area contributed by atoms with Crippen LogP contribution in [0.25, 0.3) is 10.8 Å². The molecule has 0 aliphatic carbocycles. The Morgan fingerprint density at radius 1 is 0.862 bits per heavy atom. The first-order valence-corrected chi connectivity index (χ1v) is 9.49. The van der Waals surface area contributed by atoms with Crippen LogP contribution >= 0.6 is 0 Å². The molecule has 0 bridgehead atoms. The van der Waals surface area contributed by atoms with Gasteiger partial charge in [-0.05, 0) is 31.2 Å². The fraction of sp³-hybridized carbons (Fsp3) is 0.208. The lowest BCUT2D eigenvalue weighted by Gasteiger charge is -2.19. The van der Waals surface area contributed by atoms with Crippen LogP contribution in [0.3, 0.4) is 0 Å². The first kappa shape index (κ1) is 20.3. The molecule has 3 rings (SSSR count). The highest BCUT2D eigenvalue weighted by Gasteiger charge is 2.17. The minimum atomic E-state index is -0.592. The van der Waals surface area contributed by atoms with E-state index in [0.717, 1.165) is 22.6 Å². The van der Waals surface area contributed by atoms with Crippen molar-refractivity contribution in [1.82, 2.24) is 0 Å². The zero-order chi connectivity index (χ0) is 20.5. The summed E-state index contributed by atoms with van der Waals surface area (Å²) in [7, 11) is 0.